The third-order valence-corrected chi connectivity index (χ3v) is 5.11. The van der Waals surface area contributed by atoms with Crippen molar-refractivity contribution in [2.24, 2.45) is 0 Å². The van der Waals surface area contributed by atoms with Crippen molar-refractivity contribution in [1.82, 2.24) is 4.31 Å². The van der Waals surface area contributed by atoms with Crippen molar-refractivity contribution in [3.05, 3.63) is 28.8 Å². The van der Waals surface area contributed by atoms with Crippen molar-refractivity contribution < 1.29 is 22.7 Å². The van der Waals surface area contributed by atoms with Crippen LogP contribution in [0.1, 0.15) is 36.5 Å². The number of anilines is 1. The Hall–Kier alpha value is -1.64. The minimum atomic E-state index is -3.37. The van der Waals surface area contributed by atoms with E-state index in [0.29, 0.717) is 6.54 Å². The number of rotatable bonds is 9. The highest BCUT2D eigenvalue weighted by Crippen LogP contribution is 2.23. The van der Waals surface area contributed by atoms with Crippen molar-refractivity contribution in [2.75, 3.05) is 31.8 Å². The van der Waals surface area contributed by atoms with Crippen LogP contribution in [-0.4, -0.2) is 51.1 Å². The minimum Gasteiger partial charge on any atom is -0.465 e. The topological polar surface area (TPSA) is 92.8 Å². The Kier molecular flexibility index (Phi) is 8.34. The number of hydrogen-bond donors (Lipinski definition) is 1. The summed E-state index contributed by atoms with van der Waals surface area (Å²) in [6.45, 7) is 2.42. The fourth-order valence-electron chi connectivity index (χ4n) is 2.08. The summed E-state index contributed by atoms with van der Waals surface area (Å²) in [7, 11) is -2.11. The van der Waals surface area contributed by atoms with Crippen molar-refractivity contribution in [3.63, 3.8) is 0 Å². The molecule has 0 aliphatic carbocycles. The van der Waals surface area contributed by atoms with Crippen LogP contribution < -0.4 is 5.32 Å². The molecule has 140 valence electrons. The largest absolute Gasteiger partial charge is 0.465 e. The molecule has 1 rings (SSSR count). The SMILES string of the molecule is CCCCN(CCC(=O)Nc1cc(C(=O)OC)ccc1Cl)S(C)(=O)=O. The van der Waals surface area contributed by atoms with Crippen molar-refractivity contribution in [1.29, 1.82) is 0 Å². The van der Waals surface area contributed by atoms with Crippen LogP contribution in [0.15, 0.2) is 18.2 Å². The van der Waals surface area contributed by atoms with E-state index in [1.165, 1.54) is 29.6 Å². The summed E-state index contributed by atoms with van der Waals surface area (Å²) in [6.07, 6.45) is 2.68. The lowest BCUT2D eigenvalue weighted by Crippen LogP contribution is -2.33. The molecule has 0 saturated heterocycles. The van der Waals surface area contributed by atoms with E-state index in [0.717, 1.165) is 19.1 Å². The molecule has 0 fully saturated rings. The van der Waals surface area contributed by atoms with Gasteiger partial charge < -0.3 is 10.1 Å². The highest BCUT2D eigenvalue weighted by Gasteiger charge is 2.18. The maximum absolute atomic E-state index is 12.1. The molecule has 7 nitrogen and oxygen atoms in total. The molecule has 0 saturated carbocycles. The molecular weight excluding hydrogens is 368 g/mol. The summed E-state index contributed by atoms with van der Waals surface area (Å²) in [5.41, 5.74) is 0.525. The highest BCUT2D eigenvalue weighted by molar-refractivity contribution is 7.88. The Labute approximate surface area is 153 Å². The summed E-state index contributed by atoms with van der Waals surface area (Å²) in [6, 6.07) is 4.38. The summed E-state index contributed by atoms with van der Waals surface area (Å²) in [5.74, 6) is -0.941. The number of carbonyl (C=O) groups is 2. The molecule has 0 unspecified atom stereocenters. The van der Waals surface area contributed by atoms with Gasteiger partial charge in [-0.2, -0.15) is 0 Å². The molecule has 1 aromatic rings. The second-order valence-corrected chi connectivity index (χ2v) is 7.89. The van der Waals surface area contributed by atoms with Gasteiger partial charge in [0.25, 0.3) is 0 Å². The van der Waals surface area contributed by atoms with E-state index >= 15 is 0 Å². The van der Waals surface area contributed by atoms with Gasteiger partial charge in [-0.1, -0.05) is 24.9 Å². The number of sulfonamides is 1. The number of hydrogen-bond acceptors (Lipinski definition) is 5. The molecule has 0 heterocycles. The smallest absolute Gasteiger partial charge is 0.337 e. The number of nitrogens with zero attached hydrogens (tertiary/aromatic N) is 1. The number of unbranched alkanes of at least 4 members (excludes halogenated alkanes) is 1. The van der Waals surface area contributed by atoms with Gasteiger partial charge >= 0.3 is 5.97 Å². The van der Waals surface area contributed by atoms with Crippen LogP contribution in [0.5, 0.6) is 0 Å². The van der Waals surface area contributed by atoms with Crippen LogP contribution in [0.25, 0.3) is 0 Å². The summed E-state index contributed by atoms with van der Waals surface area (Å²) in [5, 5.41) is 2.86. The Morgan fingerprint density at radius 2 is 1.96 bits per heavy atom. The third-order valence-electron chi connectivity index (χ3n) is 3.48. The zero-order valence-electron chi connectivity index (χ0n) is 14.5. The predicted octanol–water partition coefficient (Wildman–Crippen LogP) is 2.52. The minimum absolute atomic E-state index is 0.0183. The van der Waals surface area contributed by atoms with Crippen LogP contribution in [0, 0.1) is 0 Å². The first-order chi connectivity index (χ1) is 11.7. The number of methoxy groups -OCH3 is 1. The van der Waals surface area contributed by atoms with Gasteiger partial charge in [0.2, 0.25) is 15.9 Å². The molecule has 0 aliphatic rings. The molecule has 0 bridgehead atoms. The Bertz CT molecular complexity index is 721. The number of nitrogens with one attached hydrogen (secondary N) is 1. The first-order valence-corrected chi connectivity index (χ1v) is 10.0. The zero-order chi connectivity index (χ0) is 19.0. The van der Waals surface area contributed by atoms with Crippen LogP contribution in [0.4, 0.5) is 5.69 Å². The Morgan fingerprint density at radius 3 is 2.52 bits per heavy atom. The average molecular weight is 391 g/mol. The molecule has 0 aliphatic heterocycles. The number of benzene rings is 1. The van der Waals surface area contributed by atoms with E-state index < -0.39 is 21.9 Å². The van der Waals surface area contributed by atoms with Gasteiger partial charge in [-0.25, -0.2) is 17.5 Å². The number of amides is 1. The molecule has 1 amide bonds. The van der Waals surface area contributed by atoms with E-state index in [2.05, 4.69) is 10.1 Å². The van der Waals surface area contributed by atoms with Gasteiger partial charge in [-0.3, -0.25) is 4.79 Å². The Morgan fingerprint density at radius 1 is 1.28 bits per heavy atom. The van der Waals surface area contributed by atoms with Gasteiger partial charge in [-0.15, -0.1) is 0 Å². The fraction of sp³-hybridized carbons (Fsp3) is 0.500. The van der Waals surface area contributed by atoms with Crippen molar-refractivity contribution in [3.8, 4) is 0 Å². The van der Waals surface area contributed by atoms with Gasteiger partial charge in [-0.05, 0) is 24.6 Å². The third kappa shape index (κ3) is 7.01. The van der Waals surface area contributed by atoms with Crippen LogP contribution >= 0.6 is 11.6 Å². The van der Waals surface area contributed by atoms with E-state index in [4.69, 9.17) is 11.6 Å². The molecule has 1 N–H and O–H groups in total. The van der Waals surface area contributed by atoms with E-state index in [1.807, 2.05) is 6.92 Å². The lowest BCUT2D eigenvalue weighted by Gasteiger charge is -2.19. The molecule has 9 heteroatoms. The van der Waals surface area contributed by atoms with Gasteiger partial charge in [0.15, 0.2) is 0 Å². The van der Waals surface area contributed by atoms with Gasteiger partial charge in [0.1, 0.15) is 0 Å². The lowest BCUT2D eigenvalue weighted by molar-refractivity contribution is -0.116. The average Bonchev–Trinajstić information content (AvgIpc) is 2.54. The molecule has 0 aromatic heterocycles. The molecule has 0 atom stereocenters. The highest BCUT2D eigenvalue weighted by atomic mass is 35.5. The van der Waals surface area contributed by atoms with Gasteiger partial charge in [0.05, 0.1) is 29.6 Å². The monoisotopic (exact) mass is 390 g/mol. The number of carbonyl (C=O) groups excluding carboxylic acids is 2. The molecule has 0 radical (unpaired) electrons. The van der Waals surface area contributed by atoms with Crippen molar-refractivity contribution >= 4 is 39.2 Å². The van der Waals surface area contributed by atoms with E-state index in [9.17, 15) is 18.0 Å². The maximum Gasteiger partial charge on any atom is 0.337 e. The van der Waals surface area contributed by atoms with E-state index in [1.54, 1.807) is 0 Å². The lowest BCUT2D eigenvalue weighted by atomic mass is 10.2. The molecular formula is C16H23ClN2O5S. The zero-order valence-corrected chi connectivity index (χ0v) is 16.1. The summed E-state index contributed by atoms with van der Waals surface area (Å²) < 4.78 is 29.4. The summed E-state index contributed by atoms with van der Waals surface area (Å²) in [4.78, 5) is 23.7. The summed E-state index contributed by atoms with van der Waals surface area (Å²) >= 11 is 6.02. The fourth-order valence-corrected chi connectivity index (χ4v) is 3.13. The molecule has 25 heavy (non-hydrogen) atoms. The first-order valence-electron chi connectivity index (χ1n) is 7.81. The van der Waals surface area contributed by atoms with Gasteiger partial charge in [0, 0.05) is 19.5 Å². The number of esters is 1. The second kappa shape index (κ2) is 9.74. The second-order valence-electron chi connectivity index (χ2n) is 5.50. The standard InChI is InChI=1S/C16H23ClN2O5S/c1-4-5-9-19(25(3,22)23)10-8-15(20)18-14-11-12(16(21)24-2)6-7-13(14)17/h6-7,11H,4-5,8-10H2,1-3H3,(H,18,20). The van der Waals surface area contributed by atoms with Crippen LogP contribution in [-0.2, 0) is 19.6 Å². The Balaban J connectivity index is 2.74. The molecule has 0 spiro atoms. The maximum atomic E-state index is 12.1. The number of ether oxygens (including phenoxy) is 1. The van der Waals surface area contributed by atoms with Crippen LogP contribution in [0.2, 0.25) is 5.02 Å². The van der Waals surface area contributed by atoms with Crippen LogP contribution in [0.3, 0.4) is 0 Å². The predicted molar refractivity (Wildman–Crippen MR) is 97.4 cm³/mol. The first kappa shape index (κ1) is 21.4. The molecule has 1 aromatic carbocycles. The quantitative estimate of drug-likeness (QED) is 0.654. The van der Waals surface area contributed by atoms with E-state index in [-0.39, 0.29) is 29.2 Å². The normalized spacial score (nSPS) is 11.4. The number of halogens is 1. The van der Waals surface area contributed by atoms with Crippen molar-refractivity contribution in [2.45, 2.75) is 26.2 Å².